The summed E-state index contributed by atoms with van der Waals surface area (Å²) in [7, 11) is 3.82. The fraction of sp³-hybridized carbons (Fsp3) is 0.182. The average Bonchev–Trinajstić information content (AvgIpc) is 2.71. The van der Waals surface area contributed by atoms with Gasteiger partial charge in [-0.05, 0) is 48.0 Å². The monoisotopic (exact) mass is 406 g/mol. The highest BCUT2D eigenvalue weighted by Crippen LogP contribution is 2.15. The lowest BCUT2D eigenvalue weighted by Gasteiger charge is -2.11. The van der Waals surface area contributed by atoms with E-state index >= 15 is 0 Å². The topological polar surface area (TPSA) is 112 Å². The zero-order valence-electron chi connectivity index (χ0n) is 16.9. The van der Waals surface area contributed by atoms with Gasteiger partial charge in [0, 0.05) is 38.1 Å². The molecule has 30 heavy (non-hydrogen) atoms. The smallest absolute Gasteiger partial charge is 0.349 e. The molecule has 0 aliphatic rings. The SMILES string of the molecule is CC(=O)Nc1ccc(NC(=O)COC(=O)/C(C#N)=C/c2ccc(N(C)C)cc2)cc1. The maximum Gasteiger partial charge on any atom is 0.349 e. The predicted molar refractivity (Wildman–Crippen MR) is 115 cm³/mol. The van der Waals surface area contributed by atoms with Crippen molar-refractivity contribution in [2.45, 2.75) is 6.92 Å². The Balaban J connectivity index is 1.91. The van der Waals surface area contributed by atoms with Gasteiger partial charge in [0.25, 0.3) is 5.91 Å². The van der Waals surface area contributed by atoms with Gasteiger partial charge < -0.3 is 20.3 Å². The second-order valence-electron chi connectivity index (χ2n) is 6.54. The molecule has 0 saturated carbocycles. The summed E-state index contributed by atoms with van der Waals surface area (Å²) in [6, 6.07) is 15.5. The van der Waals surface area contributed by atoms with Crippen LogP contribution in [-0.2, 0) is 19.1 Å². The highest BCUT2D eigenvalue weighted by atomic mass is 16.5. The van der Waals surface area contributed by atoms with E-state index in [9.17, 15) is 19.6 Å². The summed E-state index contributed by atoms with van der Waals surface area (Å²) in [5.74, 6) is -1.64. The van der Waals surface area contributed by atoms with Gasteiger partial charge >= 0.3 is 5.97 Å². The highest BCUT2D eigenvalue weighted by molar-refractivity contribution is 6.00. The molecular weight excluding hydrogens is 384 g/mol. The number of hydrogen-bond acceptors (Lipinski definition) is 6. The van der Waals surface area contributed by atoms with Crippen LogP contribution in [0.3, 0.4) is 0 Å². The van der Waals surface area contributed by atoms with E-state index in [2.05, 4.69) is 10.6 Å². The molecule has 2 aromatic rings. The number of carbonyl (C=O) groups excluding carboxylic acids is 3. The van der Waals surface area contributed by atoms with E-state index < -0.39 is 18.5 Å². The van der Waals surface area contributed by atoms with Gasteiger partial charge in [0.2, 0.25) is 5.91 Å². The number of nitrogens with one attached hydrogen (secondary N) is 2. The van der Waals surface area contributed by atoms with Crippen LogP contribution in [0.4, 0.5) is 17.1 Å². The van der Waals surface area contributed by atoms with Gasteiger partial charge in [0.15, 0.2) is 6.61 Å². The molecule has 0 aromatic heterocycles. The van der Waals surface area contributed by atoms with Crippen molar-refractivity contribution in [1.29, 1.82) is 5.26 Å². The largest absolute Gasteiger partial charge is 0.451 e. The number of esters is 1. The molecule has 0 spiro atoms. The molecule has 0 unspecified atom stereocenters. The summed E-state index contributed by atoms with van der Waals surface area (Å²) in [5, 5.41) is 14.4. The fourth-order valence-electron chi connectivity index (χ4n) is 2.42. The lowest BCUT2D eigenvalue weighted by Crippen LogP contribution is -2.21. The molecule has 0 bridgehead atoms. The van der Waals surface area contributed by atoms with Crippen LogP contribution in [-0.4, -0.2) is 38.5 Å². The third kappa shape index (κ3) is 6.80. The van der Waals surface area contributed by atoms with E-state index in [-0.39, 0.29) is 11.5 Å². The molecule has 2 aromatic carbocycles. The number of rotatable bonds is 7. The van der Waals surface area contributed by atoms with E-state index in [4.69, 9.17) is 4.74 Å². The first-order valence-corrected chi connectivity index (χ1v) is 9.02. The second-order valence-corrected chi connectivity index (χ2v) is 6.54. The Hall–Kier alpha value is -4.12. The molecule has 2 rings (SSSR count). The van der Waals surface area contributed by atoms with Gasteiger partial charge in [0.05, 0.1) is 0 Å². The van der Waals surface area contributed by atoms with Gasteiger partial charge in [-0.1, -0.05) is 12.1 Å². The summed E-state index contributed by atoms with van der Waals surface area (Å²) in [4.78, 5) is 37.0. The number of amides is 2. The summed E-state index contributed by atoms with van der Waals surface area (Å²) >= 11 is 0. The number of nitriles is 1. The zero-order chi connectivity index (χ0) is 22.1. The maximum absolute atomic E-state index is 12.1. The van der Waals surface area contributed by atoms with Crippen molar-refractivity contribution in [3.05, 3.63) is 59.7 Å². The molecule has 0 saturated heterocycles. The summed E-state index contributed by atoms with van der Waals surface area (Å²) < 4.78 is 4.93. The summed E-state index contributed by atoms with van der Waals surface area (Å²) in [6.45, 7) is 0.859. The molecule has 8 nitrogen and oxygen atoms in total. The van der Waals surface area contributed by atoms with Crippen molar-refractivity contribution in [3.63, 3.8) is 0 Å². The minimum atomic E-state index is -0.884. The van der Waals surface area contributed by atoms with Crippen LogP contribution in [0.2, 0.25) is 0 Å². The van der Waals surface area contributed by atoms with E-state index in [0.29, 0.717) is 16.9 Å². The molecule has 2 amide bonds. The van der Waals surface area contributed by atoms with E-state index in [0.717, 1.165) is 5.69 Å². The minimum absolute atomic E-state index is 0.200. The number of nitrogens with zero attached hydrogens (tertiary/aromatic N) is 2. The number of anilines is 3. The molecule has 0 aliphatic carbocycles. The van der Waals surface area contributed by atoms with Crippen LogP contribution in [0, 0.1) is 11.3 Å². The van der Waals surface area contributed by atoms with Crippen LogP contribution < -0.4 is 15.5 Å². The van der Waals surface area contributed by atoms with Gasteiger partial charge in [-0.25, -0.2) is 4.79 Å². The van der Waals surface area contributed by atoms with Crippen LogP contribution in [0.5, 0.6) is 0 Å². The maximum atomic E-state index is 12.1. The molecule has 154 valence electrons. The number of carbonyl (C=O) groups is 3. The third-order valence-corrected chi connectivity index (χ3v) is 3.88. The number of hydrogen-bond donors (Lipinski definition) is 2. The van der Waals surface area contributed by atoms with Gasteiger partial charge in [-0.15, -0.1) is 0 Å². The Morgan fingerprint density at radius 3 is 2.07 bits per heavy atom. The van der Waals surface area contributed by atoms with Crippen molar-refractivity contribution in [2.75, 3.05) is 36.2 Å². The highest BCUT2D eigenvalue weighted by Gasteiger charge is 2.13. The first-order valence-electron chi connectivity index (χ1n) is 9.02. The summed E-state index contributed by atoms with van der Waals surface area (Å²) in [6.07, 6.45) is 1.40. The average molecular weight is 406 g/mol. The number of ether oxygens (including phenoxy) is 1. The molecule has 0 fully saturated rings. The zero-order valence-corrected chi connectivity index (χ0v) is 16.9. The van der Waals surface area contributed by atoms with Crippen molar-refractivity contribution >= 4 is 40.9 Å². The molecule has 8 heteroatoms. The Morgan fingerprint density at radius 1 is 1.00 bits per heavy atom. The molecule has 0 radical (unpaired) electrons. The Bertz CT molecular complexity index is 987. The molecule has 0 atom stereocenters. The van der Waals surface area contributed by atoms with Gasteiger partial charge in [-0.2, -0.15) is 5.26 Å². The summed E-state index contributed by atoms with van der Waals surface area (Å²) in [5.41, 5.74) is 2.50. The van der Waals surface area contributed by atoms with Crippen LogP contribution in [0.15, 0.2) is 54.1 Å². The first-order chi connectivity index (χ1) is 14.3. The molecule has 0 aliphatic heterocycles. The Morgan fingerprint density at radius 2 is 1.57 bits per heavy atom. The van der Waals surface area contributed by atoms with Crippen molar-refractivity contribution in [1.82, 2.24) is 0 Å². The van der Waals surface area contributed by atoms with Crippen LogP contribution in [0.1, 0.15) is 12.5 Å². The van der Waals surface area contributed by atoms with Crippen molar-refractivity contribution in [2.24, 2.45) is 0 Å². The Kier molecular flexibility index (Phi) is 7.71. The van der Waals surface area contributed by atoms with E-state index in [1.807, 2.05) is 31.1 Å². The van der Waals surface area contributed by atoms with Gasteiger partial charge in [0.1, 0.15) is 11.6 Å². The standard InChI is InChI=1S/C22H22N4O4/c1-15(27)24-18-6-8-19(9-7-18)25-21(28)14-30-22(29)17(13-23)12-16-4-10-20(11-5-16)26(2)3/h4-12H,14H2,1-3H3,(H,24,27)(H,25,28)/b17-12+. The predicted octanol–water partition coefficient (Wildman–Crippen LogP) is 2.80. The van der Waals surface area contributed by atoms with Crippen LogP contribution >= 0.6 is 0 Å². The normalized spacial score (nSPS) is 10.5. The molecule has 2 N–H and O–H groups in total. The lowest BCUT2D eigenvalue weighted by molar-refractivity contribution is -0.142. The Labute approximate surface area is 174 Å². The molecule has 0 heterocycles. The fourth-order valence-corrected chi connectivity index (χ4v) is 2.42. The minimum Gasteiger partial charge on any atom is -0.451 e. The van der Waals surface area contributed by atoms with Crippen molar-refractivity contribution < 1.29 is 19.1 Å². The third-order valence-electron chi connectivity index (χ3n) is 3.88. The van der Waals surface area contributed by atoms with Gasteiger partial charge in [-0.3, -0.25) is 9.59 Å². The van der Waals surface area contributed by atoms with E-state index in [1.54, 1.807) is 42.5 Å². The lowest BCUT2D eigenvalue weighted by atomic mass is 10.1. The van der Waals surface area contributed by atoms with Crippen molar-refractivity contribution in [3.8, 4) is 6.07 Å². The van der Waals surface area contributed by atoms with Crippen LogP contribution in [0.25, 0.3) is 6.08 Å². The second kappa shape index (κ2) is 10.4. The number of benzene rings is 2. The van der Waals surface area contributed by atoms with E-state index in [1.165, 1.54) is 13.0 Å². The first kappa shape index (κ1) is 22.2. The quantitative estimate of drug-likeness (QED) is 0.415. The molecular formula is C22H22N4O4.